The number of benzene rings is 3. The van der Waals surface area contributed by atoms with E-state index in [9.17, 15) is 23.2 Å². The van der Waals surface area contributed by atoms with E-state index < -0.39 is 29.4 Å². The van der Waals surface area contributed by atoms with Crippen LogP contribution in [0.25, 0.3) is 0 Å². The molecule has 0 fully saturated rings. The molecule has 10 heteroatoms. The van der Waals surface area contributed by atoms with E-state index in [4.69, 9.17) is 4.74 Å². The lowest BCUT2D eigenvalue weighted by Gasteiger charge is -2.09. The quantitative estimate of drug-likeness (QED) is 0.291. The maximum absolute atomic E-state index is 12.9. The molecule has 0 spiro atoms. The summed E-state index contributed by atoms with van der Waals surface area (Å²) < 4.78 is 31.3. The number of carbonyl (C=O) groups excluding carboxylic acids is 3. The molecular weight excluding hydrogens is 434 g/mol. The van der Waals surface area contributed by atoms with Gasteiger partial charge in [-0.3, -0.25) is 14.4 Å². The highest BCUT2D eigenvalue weighted by atomic mass is 19.1. The van der Waals surface area contributed by atoms with E-state index in [0.717, 1.165) is 12.1 Å². The van der Waals surface area contributed by atoms with E-state index in [0.29, 0.717) is 17.0 Å². The minimum Gasteiger partial charge on any atom is -0.483 e. The van der Waals surface area contributed by atoms with Gasteiger partial charge in [0.15, 0.2) is 6.61 Å². The molecule has 3 amide bonds. The molecule has 0 aliphatic heterocycles. The Hall–Kier alpha value is -4.60. The van der Waals surface area contributed by atoms with E-state index >= 15 is 0 Å². The summed E-state index contributed by atoms with van der Waals surface area (Å²) >= 11 is 0. The van der Waals surface area contributed by atoms with Gasteiger partial charge in [0.2, 0.25) is 0 Å². The number of halogens is 2. The molecule has 0 unspecified atom stereocenters. The minimum atomic E-state index is -1.03. The predicted molar refractivity (Wildman–Crippen MR) is 118 cm³/mol. The van der Waals surface area contributed by atoms with Crippen molar-refractivity contribution in [1.82, 2.24) is 5.43 Å². The number of amides is 3. The molecule has 0 saturated carbocycles. The fourth-order valence-electron chi connectivity index (χ4n) is 2.52. The fourth-order valence-corrected chi connectivity index (χ4v) is 2.52. The normalized spacial score (nSPS) is 10.5. The molecule has 0 aliphatic carbocycles. The first-order valence-electron chi connectivity index (χ1n) is 9.58. The molecule has 3 rings (SSSR count). The van der Waals surface area contributed by atoms with Gasteiger partial charge in [-0.05, 0) is 60.7 Å². The maximum Gasteiger partial charge on any atom is 0.329 e. The number of hydrogen-bond acceptors (Lipinski definition) is 5. The standard InChI is InChI=1S/C23H18F2N4O4/c24-16-5-9-18(10-6-16)27-21(30)14-33-20-4-2-1-3-15(20)13-26-29-23(32)22(31)28-19-11-7-17(25)8-12-19/h1-13H,14H2,(H,27,30)(H,28,31)(H,29,32)/b26-13-. The van der Waals surface area contributed by atoms with Crippen molar-refractivity contribution in [2.75, 3.05) is 17.2 Å². The van der Waals surface area contributed by atoms with Crippen LogP contribution in [-0.4, -0.2) is 30.5 Å². The smallest absolute Gasteiger partial charge is 0.329 e. The number of carbonyl (C=O) groups is 3. The summed E-state index contributed by atoms with van der Waals surface area (Å²) in [5.41, 5.74) is 3.17. The van der Waals surface area contributed by atoms with Crippen LogP contribution in [-0.2, 0) is 14.4 Å². The lowest BCUT2D eigenvalue weighted by Crippen LogP contribution is -2.32. The Bertz CT molecular complexity index is 1170. The van der Waals surface area contributed by atoms with Crippen LogP contribution in [0.5, 0.6) is 5.75 Å². The zero-order valence-corrected chi connectivity index (χ0v) is 17.0. The third-order valence-corrected chi connectivity index (χ3v) is 4.08. The van der Waals surface area contributed by atoms with Crippen LogP contribution < -0.4 is 20.8 Å². The van der Waals surface area contributed by atoms with Crippen LogP contribution in [0.15, 0.2) is 77.9 Å². The molecule has 8 nitrogen and oxygen atoms in total. The maximum atomic E-state index is 12.9. The number of hydrazone groups is 1. The molecule has 33 heavy (non-hydrogen) atoms. The van der Waals surface area contributed by atoms with Gasteiger partial charge in [-0.25, -0.2) is 14.2 Å². The highest BCUT2D eigenvalue weighted by molar-refractivity contribution is 6.39. The third-order valence-electron chi connectivity index (χ3n) is 4.08. The van der Waals surface area contributed by atoms with Crippen molar-refractivity contribution in [2.24, 2.45) is 5.10 Å². The van der Waals surface area contributed by atoms with E-state index in [1.54, 1.807) is 24.3 Å². The van der Waals surface area contributed by atoms with Crippen molar-refractivity contribution in [3.8, 4) is 5.75 Å². The highest BCUT2D eigenvalue weighted by Crippen LogP contribution is 2.16. The predicted octanol–water partition coefficient (Wildman–Crippen LogP) is 3.07. The van der Waals surface area contributed by atoms with E-state index in [2.05, 4.69) is 21.2 Å². The van der Waals surface area contributed by atoms with Gasteiger partial charge >= 0.3 is 11.8 Å². The molecule has 0 saturated heterocycles. The minimum absolute atomic E-state index is 0.248. The lowest BCUT2D eigenvalue weighted by atomic mass is 10.2. The number of rotatable bonds is 7. The van der Waals surface area contributed by atoms with Crippen LogP contribution in [0.1, 0.15) is 5.56 Å². The Balaban J connectivity index is 1.52. The zero-order chi connectivity index (χ0) is 23.6. The largest absolute Gasteiger partial charge is 0.483 e. The molecule has 168 valence electrons. The summed E-state index contributed by atoms with van der Waals surface area (Å²) in [6.07, 6.45) is 1.25. The summed E-state index contributed by atoms with van der Waals surface area (Å²) in [5, 5.41) is 8.59. The van der Waals surface area contributed by atoms with Crippen molar-refractivity contribution in [3.05, 3.63) is 90.0 Å². The zero-order valence-electron chi connectivity index (χ0n) is 17.0. The summed E-state index contributed by atoms with van der Waals surface area (Å²) in [4.78, 5) is 35.8. The SMILES string of the molecule is O=C(COc1ccccc1/C=N\NC(=O)C(=O)Nc1ccc(F)cc1)Nc1ccc(F)cc1. The van der Waals surface area contributed by atoms with Gasteiger partial charge in [0, 0.05) is 16.9 Å². The second-order valence-corrected chi connectivity index (χ2v) is 6.54. The molecule has 3 aromatic rings. The number of ether oxygens (including phenoxy) is 1. The van der Waals surface area contributed by atoms with E-state index in [1.165, 1.54) is 42.6 Å². The first kappa shape index (κ1) is 23.1. The third kappa shape index (κ3) is 7.24. The van der Waals surface area contributed by atoms with Crippen molar-refractivity contribution in [2.45, 2.75) is 0 Å². The van der Waals surface area contributed by atoms with E-state index in [-0.39, 0.29) is 12.3 Å². The molecule has 0 bridgehead atoms. The van der Waals surface area contributed by atoms with Crippen LogP contribution >= 0.6 is 0 Å². The van der Waals surface area contributed by atoms with Gasteiger partial charge in [0.1, 0.15) is 17.4 Å². The Labute approximate surface area is 187 Å². The average Bonchev–Trinajstić information content (AvgIpc) is 2.81. The number of nitrogens with one attached hydrogen (secondary N) is 3. The molecule has 0 aromatic heterocycles. The van der Waals surface area contributed by atoms with Crippen molar-refractivity contribution in [3.63, 3.8) is 0 Å². The molecule has 0 atom stereocenters. The number of para-hydroxylation sites is 1. The lowest BCUT2D eigenvalue weighted by molar-refractivity contribution is -0.136. The average molecular weight is 452 g/mol. The van der Waals surface area contributed by atoms with Crippen molar-refractivity contribution in [1.29, 1.82) is 0 Å². The van der Waals surface area contributed by atoms with Crippen LogP contribution in [0.2, 0.25) is 0 Å². The monoisotopic (exact) mass is 452 g/mol. The Kier molecular flexibility index (Phi) is 7.79. The number of anilines is 2. The van der Waals surface area contributed by atoms with E-state index in [1.807, 2.05) is 0 Å². The van der Waals surface area contributed by atoms with Gasteiger partial charge < -0.3 is 15.4 Å². The molecule has 3 N–H and O–H groups in total. The molecule has 3 aromatic carbocycles. The van der Waals surface area contributed by atoms with Gasteiger partial charge in [-0.2, -0.15) is 5.10 Å². The summed E-state index contributed by atoms with van der Waals surface area (Å²) in [5.74, 6) is -3.07. The van der Waals surface area contributed by atoms with Crippen LogP contribution in [0.4, 0.5) is 20.2 Å². The van der Waals surface area contributed by atoms with Gasteiger partial charge in [-0.15, -0.1) is 0 Å². The fraction of sp³-hybridized carbons (Fsp3) is 0.0435. The van der Waals surface area contributed by atoms with Crippen LogP contribution in [0, 0.1) is 11.6 Å². The Morgan fingerprint density at radius 1 is 0.788 bits per heavy atom. The second kappa shape index (κ2) is 11.1. The number of nitrogens with zero attached hydrogens (tertiary/aromatic N) is 1. The molecule has 0 heterocycles. The summed E-state index contributed by atoms with van der Waals surface area (Å²) in [6, 6.07) is 16.8. The first-order chi connectivity index (χ1) is 15.9. The number of hydrogen-bond donors (Lipinski definition) is 3. The Morgan fingerprint density at radius 2 is 1.36 bits per heavy atom. The molecular formula is C23H18F2N4O4. The molecule has 0 radical (unpaired) electrons. The van der Waals surface area contributed by atoms with Gasteiger partial charge in [-0.1, -0.05) is 12.1 Å². The topological polar surface area (TPSA) is 109 Å². The Morgan fingerprint density at radius 3 is 2.00 bits per heavy atom. The van der Waals surface area contributed by atoms with Crippen LogP contribution in [0.3, 0.4) is 0 Å². The summed E-state index contributed by atoms with van der Waals surface area (Å²) in [7, 11) is 0. The van der Waals surface area contributed by atoms with Gasteiger partial charge in [0.25, 0.3) is 5.91 Å². The summed E-state index contributed by atoms with van der Waals surface area (Å²) in [6.45, 7) is -0.325. The first-order valence-corrected chi connectivity index (χ1v) is 9.58. The van der Waals surface area contributed by atoms with Gasteiger partial charge in [0.05, 0.1) is 6.21 Å². The molecule has 0 aliphatic rings. The van der Waals surface area contributed by atoms with Crippen molar-refractivity contribution >= 4 is 35.3 Å². The van der Waals surface area contributed by atoms with Crippen molar-refractivity contribution < 1.29 is 27.9 Å². The highest BCUT2D eigenvalue weighted by Gasteiger charge is 2.13. The second-order valence-electron chi connectivity index (χ2n) is 6.54.